The molecule has 2 aliphatic heterocycles. The second-order valence-corrected chi connectivity index (χ2v) is 10.9. The van der Waals surface area contributed by atoms with E-state index in [-0.39, 0.29) is 49.9 Å². The molecule has 13 heteroatoms. The molecule has 0 radical (unpaired) electrons. The molecule has 3 aromatic rings. The summed E-state index contributed by atoms with van der Waals surface area (Å²) in [6.45, 7) is 7.27. The normalized spacial score (nSPS) is 17.8. The smallest absolute Gasteiger partial charge is 0.258 e. The Bertz CT molecular complexity index is 1520. The van der Waals surface area contributed by atoms with Gasteiger partial charge in [0.05, 0.1) is 31.8 Å². The van der Waals surface area contributed by atoms with Gasteiger partial charge in [-0.05, 0) is 49.6 Å². The predicted molar refractivity (Wildman–Crippen MR) is 159 cm³/mol. The number of aryl methyl sites for hydroxylation is 1. The highest BCUT2D eigenvalue weighted by Crippen LogP contribution is 2.34. The molecule has 0 saturated heterocycles. The molecule has 0 fully saturated rings. The first-order chi connectivity index (χ1) is 21.2. The van der Waals surface area contributed by atoms with Crippen molar-refractivity contribution in [2.45, 2.75) is 39.8 Å². The molecule has 2 aromatic carbocycles. The van der Waals surface area contributed by atoms with Gasteiger partial charge in [-0.25, -0.2) is 9.67 Å². The number of nitrogens with zero attached hydrogens (tertiary/aromatic N) is 4. The van der Waals surface area contributed by atoms with E-state index in [4.69, 9.17) is 18.9 Å². The van der Waals surface area contributed by atoms with Crippen LogP contribution >= 0.6 is 0 Å². The van der Waals surface area contributed by atoms with Crippen LogP contribution in [0, 0.1) is 12.8 Å². The summed E-state index contributed by atoms with van der Waals surface area (Å²) in [7, 11) is 1.53. The highest BCUT2D eigenvalue weighted by atomic mass is 16.6. The SMILES string of the molecule is COc1ccc2cc1OCCn1nc(C)nc1[C@H](C(C)C)NC(=O)CN(C(=O)c1cccc3c1OCCO3)CCCNC2=O. The number of carbonyl (C=O) groups excluding carboxylic acids is 3. The van der Waals surface area contributed by atoms with E-state index in [9.17, 15) is 14.4 Å². The minimum atomic E-state index is -0.474. The number of para-hydroxylation sites is 1. The molecule has 0 saturated carbocycles. The zero-order valence-electron chi connectivity index (χ0n) is 25.4. The lowest BCUT2D eigenvalue weighted by atomic mass is 10.0. The average molecular weight is 607 g/mol. The van der Waals surface area contributed by atoms with Crippen molar-refractivity contribution in [1.82, 2.24) is 30.3 Å². The van der Waals surface area contributed by atoms with Gasteiger partial charge in [-0.2, -0.15) is 5.10 Å². The highest BCUT2D eigenvalue weighted by molar-refractivity contribution is 5.99. The maximum atomic E-state index is 13.9. The van der Waals surface area contributed by atoms with Gasteiger partial charge in [0.25, 0.3) is 11.8 Å². The highest BCUT2D eigenvalue weighted by Gasteiger charge is 2.29. The maximum absolute atomic E-state index is 13.9. The Kier molecular flexibility index (Phi) is 9.51. The van der Waals surface area contributed by atoms with Gasteiger partial charge in [-0.15, -0.1) is 0 Å². The fourth-order valence-electron chi connectivity index (χ4n) is 5.20. The Hall–Kier alpha value is -4.81. The Morgan fingerprint density at radius 3 is 2.64 bits per heavy atom. The van der Waals surface area contributed by atoms with E-state index >= 15 is 0 Å². The average Bonchev–Trinajstić information content (AvgIpc) is 3.39. The third kappa shape index (κ3) is 6.87. The number of methoxy groups -OCH3 is 1. The van der Waals surface area contributed by atoms with Crippen LogP contribution in [0.2, 0.25) is 0 Å². The number of hydrogen-bond donors (Lipinski definition) is 2. The van der Waals surface area contributed by atoms with E-state index in [1.54, 1.807) is 48.0 Å². The zero-order chi connectivity index (χ0) is 31.2. The van der Waals surface area contributed by atoms with Crippen LogP contribution < -0.4 is 29.6 Å². The monoisotopic (exact) mass is 606 g/mol. The molecule has 2 N–H and O–H groups in total. The van der Waals surface area contributed by atoms with E-state index in [0.29, 0.717) is 72.0 Å². The van der Waals surface area contributed by atoms with Crippen molar-refractivity contribution in [3.8, 4) is 23.0 Å². The third-order valence-electron chi connectivity index (χ3n) is 7.36. The summed E-state index contributed by atoms with van der Waals surface area (Å²) in [4.78, 5) is 46.5. The third-order valence-corrected chi connectivity index (χ3v) is 7.36. The molecular formula is C31H38N6O7. The predicted octanol–water partition coefficient (Wildman–Crippen LogP) is 2.53. The summed E-state index contributed by atoms with van der Waals surface area (Å²) in [5.41, 5.74) is 0.710. The van der Waals surface area contributed by atoms with Gasteiger partial charge in [-0.3, -0.25) is 14.4 Å². The van der Waals surface area contributed by atoms with Gasteiger partial charge < -0.3 is 34.5 Å². The second kappa shape index (κ2) is 13.7. The van der Waals surface area contributed by atoms with Crippen LogP contribution in [-0.4, -0.2) is 84.0 Å². The molecule has 3 heterocycles. The maximum Gasteiger partial charge on any atom is 0.258 e. The fourth-order valence-corrected chi connectivity index (χ4v) is 5.20. The molecule has 0 spiro atoms. The molecule has 5 rings (SSSR count). The van der Waals surface area contributed by atoms with Crippen LogP contribution in [0.1, 0.15) is 58.7 Å². The van der Waals surface area contributed by atoms with Crippen molar-refractivity contribution in [1.29, 1.82) is 0 Å². The molecule has 2 aliphatic rings. The first-order valence-corrected chi connectivity index (χ1v) is 14.7. The fraction of sp³-hybridized carbons (Fsp3) is 0.452. The number of aromatic nitrogens is 3. The Balaban J connectivity index is 1.46. The number of ether oxygens (including phenoxy) is 4. The molecular weight excluding hydrogens is 568 g/mol. The summed E-state index contributed by atoms with van der Waals surface area (Å²) in [6, 6.07) is 9.63. The van der Waals surface area contributed by atoms with Crippen molar-refractivity contribution in [3.05, 3.63) is 59.2 Å². The molecule has 13 nitrogen and oxygen atoms in total. The van der Waals surface area contributed by atoms with Gasteiger partial charge in [0.1, 0.15) is 31.5 Å². The summed E-state index contributed by atoms with van der Waals surface area (Å²) in [6.07, 6.45) is 0.401. The lowest BCUT2D eigenvalue weighted by Crippen LogP contribution is -2.44. The van der Waals surface area contributed by atoms with Crippen LogP contribution in [0.5, 0.6) is 23.0 Å². The summed E-state index contributed by atoms with van der Waals surface area (Å²) in [5, 5.41) is 10.5. The van der Waals surface area contributed by atoms with Crippen molar-refractivity contribution >= 4 is 17.7 Å². The second-order valence-electron chi connectivity index (χ2n) is 10.9. The molecule has 1 atom stereocenters. The van der Waals surface area contributed by atoms with Crippen molar-refractivity contribution < 1.29 is 33.3 Å². The van der Waals surface area contributed by atoms with Crippen LogP contribution in [-0.2, 0) is 11.3 Å². The van der Waals surface area contributed by atoms with E-state index in [2.05, 4.69) is 20.7 Å². The van der Waals surface area contributed by atoms with Gasteiger partial charge in [0.2, 0.25) is 5.91 Å². The van der Waals surface area contributed by atoms with Crippen LogP contribution in [0.25, 0.3) is 0 Å². The zero-order valence-corrected chi connectivity index (χ0v) is 25.4. The Morgan fingerprint density at radius 1 is 1.05 bits per heavy atom. The number of hydrogen-bond acceptors (Lipinski definition) is 9. The number of fused-ring (bicyclic) bond motifs is 4. The van der Waals surface area contributed by atoms with E-state index < -0.39 is 6.04 Å². The first-order valence-electron chi connectivity index (χ1n) is 14.7. The summed E-state index contributed by atoms with van der Waals surface area (Å²) >= 11 is 0. The largest absolute Gasteiger partial charge is 0.493 e. The van der Waals surface area contributed by atoms with Gasteiger partial charge >= 0.3 is 0 Å². The van der Waals surface area contributed by atoms with Crippen molar-refractivity contribution in [2.24, 2.45) is 5.92 Å². The van der Waals surface area contributed by atoms with E-state index in [1.165, 1.54) is 12.0 Å². The number of amides is 3. The van der Waals surface area contributed by atoms with Gasteiger partial charge in [0, 0.05) is 18.7 Å². The lowest BCUT2D eigenvalue weighted by Gasteiger charge is -2.27. The summed E-state index contributed by atoms with van der Waals surface area (Å²) in [5.74, 6) is 1.82. The lowest BCUT2D eigenvalue weighted by molar-refractivity contribution is -0.123. The van der Waals surface area contributed by atoms with Crippen molar-refractivity contribution in [3.63, 3.8) is 0 Å². The summed E-state index contributed by atoms with van der Waals surface area (Å²) < 4.78 is 24.6. The van der Waals surface area contributed by atoms with Crippen molar-refractivity contribution in [2.75, 3.05) is 46.6 Å². The number of rotatable bonds is 3. The van der Waals surface area contributed by atoms with Gasteiger partial charge in [0.15, 0.2) is 23.0 Å². The minimum Gasteiger partial charge on any atom is -0.493 e. The molecule has 44 heavy (non-hydrogen) atoms. The molecule has 1 aromatic heterocycles. The van der Waals surface area contributed by atoms with Crippen LogP contribution in [0.3, 0.4) is 0 Å². The van der Waals surface area contributed by atoms with Gasteiger partial charge in [-0.1, -0.05) is 19.9 Å². The molecule has 2 bridgehead atoms. The molecule has 0 aliphatic carbocycles. The molecule has 3 amide bonds. The minimum absolute atomic E-state index is 0.0318. The quantitative estimate of drug-likeness (QED) is 0.459. The number of benzene rings is 2. The Labute approximate surface area is 255 Å². The van der Waals surface area contributed by atoms with E-state index in [0.717, 1.165) is 0 Å². The topological polar surface area (TPSA) is 146 Å². The first kappa shape index (κ1) is 30.6. The standard InChI is InChI=1S/C31H38N6O7/c1-19(2)27-29-33-20(3)35-37(29)13-14-42-25-17-21(9-10-23(25)41-4)30(39)32-11-6-12-36(18-26(38)34-27)31(40)22-7-5-8-24-28(22)44-16-15-43-24/h5,7-10,17,19,27H,6,11-16,18H2,1-4H3,(H,32,39)(H,34,38)/t27-/m0/s1. The Morgan fingerprint density at radius 2 is 1.84 bits per heavy atom. The molecule has 0 unspecified atom stereocenters. The molecule has 234 valence electrons. The number of nitrogens with one attached hydrogen (secondary N) is 2. The van der Waals surface area contributed by atoms with Crippen LogP contribution in [0.15, 0.2) is 36.4 Å². The van der Waals surface area contributed by atoms with E-state index in [1.807, 2.05) is 13.8 Å². The number of carbonyl (C=O) groups is 3. The van der Waals surface area contributed by atoms with Crippen LogP contribution in [0.4, 0.5) is 0 Å².